The molecule has 5 aliphatic rings. The summed E-state index contributed by atoms with van der Waals surface area (Å²) in [5.41, 5.74) is -0.566. The highest BCUT2D eigenvalue weighted by Crippen LogP contribution is 2.72. The summed E-state index contributed by atoms with van der Waals surface area (Å²) in [5, 5.41) is 11.9. The first-order valence-electron chi connectivity index (χ1n) is 10.0. The van der Waals surface area contributed by atoms with Crippen molar-refractivity contribution >= 4 is 23.2 Å². The van der Waals surface area contributed by atoms with Gasteiger partial charge < -0.3 is 5.11 Å². The lowest BCUT2D eigenvalue weighted by Crippen LogP contribution is -2.56. The zero-order valence-corrected chi connectivity index (χ0v) is 16.5. The molecule has 5 aliphatic carbocycles. The molecule has 8 atom stereocenters. The largest absolute Gasteiger partial charge is 0.382 e. The van der Waals surface area contributed by atoms with Crippen LogP contribution in [-0.2, 0) is 9.59 Å². The summed E-state index contributed by atoms with van der Waals surface area (Å²) in [5.74, 6) is 1.78. The third-order valence-electron chi connectivity index (χ3n) is 9.23. The molecule has 0 aliphatic heterocycles. The molecule has 0 amide bonds. The van der Waals surface area contributed by atoms with Crippen molar-refractivity contribution in [3.8, 4) is 0 Å². The average molecular weight is 375 g/mol. The molecule has 4 heteroatoms. The Morgan fingerprint density at radius 2 is 1.88 bits per heavy atom. The summed E-state index contributed by atoms with van der Waals surface area (Å²) in [7, 11) is 0. The first kappa shape index (κ1) is 17.2. The first-order chi connectivity index (χ1) is 12.1. The van der Waals surface area contributed by atoms with Crippen LogP contribution >= 0.6 is 11.6 Å². The molecule has 0 saturated heterocycles. The van der Waals surface area contributed by atoms with Crippen molar-refractivity contribution in [2.75, 3.05) is 0 Å². The number of hydrogen-bond donors (Lipinski definition) is 1. The van der Waals surface area contributed by atoms with Gasteiger partial charge in [0.2, 0.25) is 0 Å². The number of carbonyl (C=O) groups excluding carboxylic acids is 2. The summed E-state index contributed by atoms with van der Waals surface area (Å²) in [6.07, 6.45) is 8.25. The lowest BCUT2D eigenvalue weighted by Gasteiger charge is -2.57. The van der Waals surface area contributed by atoms with Gasteiger partial charge in [0.1, 0.15) is 5.60 Å². The average Bonchev–Trinajstić information content (AvgIpc) is 3.33. The van der Waals surface area contributed by atoms with Crippen LogP contribution in [0.3, 0.4) is 0 Å². The monoisotopic (exact) mass is 374 g/mol. The number of rotatable bonds is 1. The molecule has 3 nitrogen and oxygen atoms in total. The Kier molecular flexibility index (Phi) is 3.25. The van der Waals surface area contributed by atoms with Crippen molar-refractivity contribution < 1.29 is 14.7 Å². The van der Waals surface area contributed by atoms with Crippen molar-refractivity contribution in [2.45, 2.75) is 58.5 Å². The van der Waals surface area contributed by atoms with Gasteiger partial charge in [-0.15, -0.1) is 0 Å². The molecule has 0 radical (unpaired) electrons. The van der Waals surface area contributed by atoms with Crippen LogP contribution in [0.5, 0.6) is 0 Å². The minimum Gasteiger partial charge on any atom is -0.382 e. The molecule has 0 unspecified atom stereocenters. The van der Waals surface area contributed by atoms with Gasteiger partial charge in [0, 0.05) is 21.8 Å². The van der Waals surface area contributed by atoms with Crippen molar-refractivity contribution in [3.63, 3.8) is 0 Å². The van der Waals surface area contributed by atoms with E-state index in [1.54, 1.807) is 0 Å². The molecular weight excluding hydrogens is 348 g/mol. The van der Waals surface area contributed by atoms with E-state index in [4.69, 9.17) is 11.6 Å². The Hall–Kier alpha value is -0.930. The molecule has 5 rings (SSSR count). The third-order valence-corrected chi connectivity index (χ3v) is 9.56. The van der Waals surface area contributed by atoms with E-state index in [1.807, 2.05) is 6.08 Å². The van der Waals surface area contributed by atoms with E-state index in [0.717, 1.165) is 36.3 Å². The molecule has 26 heavy (non-hydrogen) atoms. The summed E-state index contributed by atoms with van der Waals surface area (Å²) >= 11 is 6.73. The van der Waals surface area contributed by atoms with Crippen LogP contribution in [0.1, 0.15) is 52.9 Å². The van der Waals surface area contributed by atoms with Crippen molar-refractivity contribution in [2.24, 2.45) is 40.4 Å². The number of aliphatic hydroxyl groups is 1. The Balaban J connectivity index is 1.62. The fourth-order valence-corrected chi connectivity index (χ4v) is 7.96. The van der Waals surface area contributed by atoms with Crippen LogP contribution in [-0.4, -0.2) is 22.3 Å². The molecule has 140 valence electrons. The van der Waals surface area contributed by atoms with Gasteiger partial charge in [-0.25, -0.2) is 0 Å². The van der Waals surface area contributed by atoms with E-state index in [9.17, 15) is 14.7 Å². The minimum absolute atomic E-state index is 0.0344. The molecule has 3 fully saturated rings. The Morgan fingerprint density at radius 1 is 1.19 bits per heavy atom. The first-order valence-corrected chi connectivity index (χ1v) is 10.4. The second-order valence-electron chi connectivity index (χ2n) is 9.91. The van der Waals surface area contributed by atoms with Crippen LogP contribution in [0.4, 0.5) is 0 Å². The molecule has 0 aromatic heterocycles. The zero-order chi connectivity index (χ0) is 18.6. The van der Waals surface area contributed by atoms with E-state index in [-0.39, 0.29) is 40.2 Å². The number of halogens is 1. The van der Waals surface area contributed by atoms with Gasteiger partial charge in [-0.05, 0) is 74.3 Å². The van der Waals surface area contributed by atoms with Gasteiger partial charge in [-0.1, -0.05) is 31.5 Å². The predicted molar refractivity (Wildman–Crippen MR) is 99.4 cm³/mol. The smallest absolute Gasteiger partial charge is 0.161 e. The van der Waals surface area contributed by atoms with E-state index in [2.05, 4.69) is 19.9 Å². The highest BCUT2D eigenvalue weighted by molar-refractivity contribution is 6.32. The zero-order valence-electron chi connectivity index (χ0n) is 15.7. The fourth-order valence-electron chi connectivity index (χ4n) is 7.56. The number of allylic oxidation sites excluding steroid dienone is 4. The molecule has 0 aromatic rings. The maximum Gasteiger partial charge on any atom is 0.161 e. The van der Waals surface area contributed by atoms with Gasteiger partial charge in [0.15, 0.2) is 11.6 Å². The maximum absolute atomic E-state index is 12.3. The van der Waals surface area contributed by atoms with Gasteiger partial charge in [0.25, 0.3) is 0 Å². The second kappa shape index (κ2) is 4.91. The van der Waals surface area contributed by atoms with E-state index < -0.39 is 5.60 Å². The van der Waals surface area contributed by atoms with Gasteiger partial charge >= 0.3 is 0 Å². The molecular formula is C22H27ClO3. The van der Waals surface area contributed by atoms with Crippen LogP contribution in [0, 0.1) is 40.4 Å². The number of carbonyl (C=O) groups is 2. The highest BCUT2D eigenvalue weighted by atomic mass is 35.5. The lowest BCUT2D eigenvalue weighted by molar-refractivity contribution is -0.157. The normalized spacial score (nSPS) is 54.3. The van der Waals surface area contributed by atoms with Gasteiger partial charge in [-0.2, -0.15) is 0 Å². The summed E-state index contributed by atoms with van der Waals surface area (Å²) in [6, 6.07) is 0. The Morgan fingerprint density at radius 3 is 2.58 bits per heavy atom. The second-order valence-corrected chi connectivity index (χ2v) is 10.3. The van der Waals surface area contributed by atoms with E-state index in [1.165, 1.54) is 6.92 Å². The number of fused-ring (bicyclic) bond motifs is 7. The van der Waals surface area contributed by atoms with E-state index >= 15 is 0 Å². The summed E-state index contributed by atoms with van der Waals surface area (Å²) in [6.45, 7) is 5.97. The van der Waals surface area contributed by atoms with Crippen molar-refractivity contribution in [1.82, 2.24) is 0 Å². The standard InChI is InChI=1S/C22H27ClO3/c1-11(24)22(26)7-5-14-12-9-18(23)17-10-19(25)13-8-16(13)21(17,3)15(12)4-6-20(14,22)2/h9-10,12-16,26H,4-8H2,1-3H3/t12-,13-,14-,15+,16+,20-,21+,22-/m0/s1. The topological polar surface area (TPSA) is 54.4 Å². The lowest BCUT2D eigenvalue weighted by atomic mass is 9.47. The quantitative estimate of drug-likeness (QED) is 0.753. The van der Waals surface area contributed by atoms with Crippen LogP contribution in [0.2, 0.25) is 0 Å². The third kappa shape index (κ3) is 1.75. The van der Waals surface area contributed by atoms with Crippen molar-refractivity contribution in [1.29, 1.82) is 0 Å². The minimum atomic E-state index is -1.20. The highest BCUT2D eigenvalue weighted by Gasteiger charge is 2.69. The van der Waals surface area contributed by atoms with Crippen molar-refractivity contribution in [3.05, 3.63) is 22.8 Å². The van der Waals surface area contributed by atoms with E-state index in [0.29, 0.717) is 18.3 Å². The maximum atomic E-state index is 12.3. The number of ketones is 2. The summed E-state index contributed by atoms with van der Waals surface area (Å²) in [4.78, 5) is 24.6. The number of Topliss-reactive ketones (excluding diaryl/α,β-unsaturated/α-hetero) is 1. The van der Waals surface area contributed by atoms with Gasteiger partial charge in [-0.3, -0.25) is 9.59 Å². The Bertz CT molecular complexity index is 797. The SMILES string of the molecule is CC(=O)[C@@]1(O)CC[C@H]2[C@@H]3C=C(Cl)C4=CC(=O)[C@H]5C[C@H]5[C@@]4(C)[C@@H]3CC[C@@]21C. The molecule has 0 bridgehead atoms. The predicted octanol–water partition coefficient (Wildman–Crippen LogP) is 4.04. The molecule has 0 heterocycles. The summed E-state index contributed by atoms with van der Waals surface area (Å²) < 4.78 is 0. The van der Waals surface area contributed by atoms with Crippen LogP contribution in [0.15, 0.2) is 22.8 Å². The molecule has 0 aromatic carbocycles. The van der Waals surface area contributed by atoms with Crippen LogP contribution < -0.4 is 0 Å². The van der Waals surface area contributed by atoms with Crippen LogP contribution in [0.25, 0.3) is 0 Å². The fraction of sp³-hybridized carbons (Fsp3) is 0.727. The Labute approximate surface area is 159 Å². The number of hydrogen-bond acceptors (Lipinski definition) is 3. The molecule has 1 N–H and O–H groups in total. The molecule has 3 saturated carbocycles. The molecule has 0 spiro atoms. The van der Waals surface area contributed by atoms with Gasteiger partial charge in [0.05, 0.1) is 0 Å².